The Bertz CT molecular complexity index is 1260. The zero-order chi connectivity index (χ0) is 19.5. The van der Waals surface area contributed by atoms with Gasteiger partial charge in [0.1, 0.15) is 34.6 Å². The molecule has 3 heterocycles. The first-order valence-electron chi connectivity index (χ1n) is 7.92. The van der Waals surface area contributed by atoms with E-state index in [1.807, 2.05) is 6.07 Å². The average Bonchev–Trinajstić information content (AvgIpc) is 3.25. The molecule has 0 fully saturated rings. The van der Waals surface area contributed by atoms with E-state index in [4.69, 9.17) is 16.1 Å². The average molecular weight is 385 g/mol. The van der Waals surface area contributed by atoms with Crippen molar-refractivity contribution in [2.45, 2.75) is 26.4 Å². The summed E-state index contributed by atoms with van der Waals surface area (Å²) in [5, 5.41) is 36.3. The summed E-state index contributed by atoms with van der Waals surface area (Å²) >= 11 is 6.07. The third kappa shape index (κ3) is 2.42. The molecule has 0 aliphatic carbocycles. The number of nitriles is 1. The summed E-state index contributed by atoms with van der Waals surface area (Å²) in [4.78, 5) is 8.49. The van der Waals surface area contributed by atoms with Crippen LogP contribution in [0.5, 0.6) is 0 Å². The third-order valence-corrected chi connectivity index (χ3v) is 4.59. The maximum atomic E-state index is 12.9. The fourth-order valence-corrected chi connectivity index (χ4v) is 3.12. The van der Waals surface area contributed by atoms with Gasteiger partial charge in [0.2, 0.25) is 11.5 Å². The van der Waals surface area contributed by atoms with Crippen molar-refractivity contribution in [1.82, 2.24) is 19.5 Å². The Labute approximate surface area is 157 Å². The number of benzene rings is 1. The fraction of sp³-hybridized carbons (Fsp3) is 0.235. The summed E-state index contributed by atoms with van der Waals surface area (Å²) in [6.45, 7) is 4.66. The fourth-order valence-electron chi connectivity index (χ4n) is 2.93. The van der Waals surface area contributed by atoms with E-state index in [-0.39, 0.29) is 33.5 Å². The zero-order valence-corrected chi connectivity index (χ0v) is 15.3. The van der Waals surface area contributed by atoms with Crippen LogP contribution in [0.15, 0.2) is 23.0 Å². The number of fused-ring (bicyclic) bond motifs is 3. The van der Waals surface area contributed by atoms with Gasteiger partial charge in [0.05, 0.1) is 5.02 Å². The van der Waals surface area contributed by atoms with Gasteiger partial charge in [-0.2, -0.15) is 15.0 Å². The standard InChI is InChI=1S/C17H13ClN6O3/c1-8-13-12(15-21-16(22-27-15)17(2,3)25)20-7-23(13)11-5-4-10(18)9(6-19)14(11)24(8)26/h4-5,7,25H,1-3H3. The van der Waals surface area contributed by atoms with Crippen LogP contribution in [0.3, 0.4) is 0 Å². The van der Waals surface area contributed by atoms with Crippen molar-refractivity contribution in [3.8, 4) is 17.7 Å². The van der Waals surface area contributed by atoms with Crippen LogP contribution in [0.1, 0.15) is 30.9 Å². The summed E-state index contributed by atoms with van der Waals surface area (Å²) in [5.41, 5.74) is 0.471. The van der Waals surface area contributed by atoms with Crippen molar-refractivity contribution in [2.24, 2.45) is 0 Å². The third-order valence-electron chi connectivity index (χ3n) is 4.27. The van der Waals surface area contributed by atoms with Crippen LogP contribution >= 0.6 is 11.6 Å². The molecule has 3 aromatic heterocycles. The Morgan fingerprint density at radius 3 is 2.78 bits per heavy atom. The maximum Gasteiger partial charge on any atom is 0.279 e. The summed E-state index contributed by atoms with van der Waals surface area (Å²) in [6, 6.07) is 5.17. The van der Waals surface area contributed by atoms with Gasteiger partial charge in [0.15, 0.2) is 5.69 Å². The molecule has 0 radical (unpaired) electrons. The van der Waals surface area contributed by atoms with Crippen molar-refractivity contribution in [1.29, 1.82) is 5.26 Å². The Morgan fingerprint density at radius 2 is 2.15 bits per heavy atom. The predicted molar refractivity (Wildman–Crippen MR) is 94.7 cm³/mol. The first-order valence-corrected chi connectivity index (χ1v) is 8.30. The van der Waals surface area contributed by atoms with E-state index in [9.17, 15) is 15.6 Å². The van der Waals surface area contributed by atoms with Gasteiger partial charge in [-0.05, 0) is 26.0 Å². The van der Waals surface area contributed by atoms with E-state index < -0.39 is 5.60 Å². The molecule has 1 N–H and O–H groups in total. The van der Waals surface area contributed by atoms with Crippen molar-refractivity contribution in [3.05, 3.63) is 45.8 Å². The Kier molecular flexibility index (Phi) is 3.59. The van der Waals surface area contributed by atoms with Crippen LogP contribution in [-0.4, -0.2) is 24.6 Å². The second kappa shape index (κ2) is 5.64. The highest BCUT2D eigenvalue weighted by atomic mass is 35.5. The number of aromatic nitrogens is 5. The van der Waals surface area contributed by atoms with Crippen LogP contribution in [-0.2, 0) is 5.60 Å². The van der Waals surface area contributed by atoms with Crippen molar-refractivity contribution in [2.75, 3.05) is 0 Å². The quantitative estimate of drug-likeness (QED) is 0.414. The molecule has 0 atom stereocenters. The van der Waals surface area contributed by atoms with Crippen molar-refractivity contribution >= 4 is 28.2 Å². The van der Waals surface area contributed by atoms with Gasteiger partial charge in [-0.15, -0.1) is 0 Å². The number of halogens is 1. The molecule has 0 spiro atoms. The SMILES string of the molecule is Cc1c2c(-c3nc(C(C)(C)O)no3)ncn2c2ccc(Cl)c(C#N)c2[n+]1[O-]. The van der Waals surface area contributed by atoms with E-state index in [0.29, 0.717) is 21.5 Å². The van der Waals surface area contributed by atoms with Crippen LogP contribution in [0.25, 0.3) is 28.1 Å². The molecule has 4 rings (SSSR count). The van der Waals surface area contributed by atoms with Crippen molar-refractivity contribution in [3.63, 3.8) is 0 Å². The lowest BCUT2D eigenvalue weighted by Crippen LogP contribution is -2.33. The molecule has 4 aromatic rings. The first-order chi connectivity index (χ1) is 12.7. The van der Waals surface area contributed by atoms with E-state index in [1.54, 1.807) is 23.5 Å². The highest BCUT2D eigenvalue weighted by Crippen LogP contribution is 2.30. The predicted octanol–water partition coefficient (Wildman–Crippen LogP) is 2.23. The molecule has 0 aliphatic heterocycles. The van der Waals surface area contributed by atoms with Crippen LogP contribution in [0.4, 0.5) is 0 Å². The number of hydrogen-bond acceptors (Lipinski definition) is 7. The Balaban J connectivity index is 2.08. The molecule has 0 aliphatic rings. The molecule has 0 amide bonds. The molecular formula is C17H13ClN6O3. The number of aryl methyl sites for hydroxylation is 1. The molecule has 0 saturated carbocycles. The van der Waals surface area contributed by atoms with Crippen molar-refractivity contribution < 1.29 is 14.4 Å². The summed E-state index contributed by atoms with van der Waals surface area (Å²) < 4.78 is 7.55. The van der Waals surface area contributed by atoms with Gasteiger partial charge < -0.3 is 14.8 Å². The molecular weight excluding hydrogens is 372 g/mol. The monoisotopic (exact) mass is 384 g/mol. The van der Waals surface area contributed by atoms with Gasteiger partial charge in [-0.3, -0.25) is 4.40 Å². The summed E-state index contributed by atoms with van der Waals surface area (Å²) in [7, 11) is 0. The topological polar surface area (TPSA) is 127 Å². The second-order valence-electron chi connectivity index (χ2n) is 6.58. The minimum Gasteiger partial charge on any atom is -0.618 e. The highest BCUT2D eigenvalue weighted by Gasteiger charge is 2.28. The molecule has 27 heavy (non-hydrogen) atoms. The molecule has 0 unspecified atom stereocenters. The normalized spacial score (nSPS) is 12.0. The minimum atomic E-state index is -1.28. The zero-order valence-electron chi connectivity index (χ0n) is 14.6. The second-order valence-corrected chi connectivity index (χ2v) is 6.98. The molecule has 1 aromatic carbocycles. The molecule has 9 nitrogen and oxygen atoms in total. The van der Waals surface area contributed by atoms with Gasteiger partial charge in [-0.1, -0.05) is 16.8 Å². The van der Waals surface area contributed by atoms with E-state index in [1.165, 1.54) is 20.2 Å². The Morgan fingerprint density at radius 1 is 1.41 bits per heavy atom. The number of hydrogen-bond donors (Lipinski definition) is 1. The Hall–Kier alpha value is -3.22. The summed E-state index contributed by atoms with van der Waals surface area (Å²) in [5.74, 6) is 0.178. The lowest BCUT2D eigenvalue weighted by molar-refractivity contribution is -0.583. The number of nitrogens with zero attached hydrogens (tertiary/aromatic N) is 6. The van der Waals surface area contributed by atoms with Crippen LogP contribution < -0.4 is 4.73 Å². The first kappa shape index (κ1) is 17.2. The maximum absolute atomic E-state index is 12.9. The largest absolute Gasteiger partial charge is 0.618 e. The van der Waals surface area contributed by atoms with Crippen LogP contribution in [0, 0.1) is 23.5 Å². The number of rotatable bonds is 2. The molecule has 0 bridgehead atoms. The van der Waals surface area contributed by atoms with Crippen LogP contribution in [0.2, 0.25) is 5.02 Å². The van der Waals surface area contributed by atoms with Gasteiger partial charge in [-0.25, -0.2) is 4.98 Å². The van der Waals surface area contributed by atoms with Gasteiger partial charge in [0.25, 0.3) is 11.4 Å². The molecule has 0 saturated heterocycles. The lowest BCUT2D eigenvalue weighted by Gasteiger charge is -2.10. The molecule has 136 valence electrons. The number of aliphatic hydroxyl groups is 1. The smallest absolute Gasteiger partial charge is 0.279 e. The van der Waals surface area contributed by atoms with E-state index in [2.05, 4.69) is 15.1 Å². The summed E-state index contributed by atoms with van der Waals surface area (Å²) in [6.07, 6.45) is 1.50. The minimum absolute atomic E-state index is 0.0755. The lowest BCUT2D eigenvalue weighted by atomic mass is 10.1. The van der Waals surface area contributed by atoms with Gasteiger partial charge >= 0.3 is 0 Å². The van der Waals surface area contributed by atoms with E-state index >= 15 is 0 Å². The molecule has 10 heteroatoms. The number of imidazole rings is 1. The van der Waals surface area contributed by atoms with Gasteiger partial charge in [0, 0.05) is 6.92 Å². The highest BCUT2D eigenvalue weighted by molar-refractivity contribution is 6.32. The van der Waals surface area contributed by atoms with E-state index in [0.717, 1.165) is 0 Å².